The summed E-state index contributed by atoms with van der Waals surface area (Å²) in [5, 5.41) is 0.721. The molecule has 1 fully saturated rings. The van der Waals surface area contributed by atoms with Crippen LogP contribution in [0.4, 0.5) is 0 Å². The van der Waals surface area contributed by atoms with Crippen LogP contribution in [0.5, 0.6) is 5.75 Å². The average molecular weight is 256 g/mol. The van der Waals surface area contributed by atoms with Crippen molar-refractivity contribution in [3.05, 3.63) is 28.8 Å². The van der Waals surface area contributed by atoms with Crippen LogP contribution in [0.2, 0.25) is 5.02 Å². The number of halogens is 1. The van der Waals surface area contributed by atoms with E-state index in [1.807, 2.05) is 25.1 Å². The first-order valence-electron chi connectivity index (χ1n) is 5.94. The highest BCUT2D eigenvalue weighted by molar-refractivity contribution is 6.31. The standard InChI is InChI=1S/C13H18ClNO2/c1-9(15)7-11-12(14)3-2-4-13(11)17-10-5-6-16-8-10/h2-4,9-10H,5-8,15H2,1H3. The van der Waals surface area contributed by atoms with Crippen LogP contribution in [-0.4, -0.2) is 25.4 Å². The van der Waals surface area contributed by atoms with Crippen molar-refractivity contribution in [2.24, 2.45) is 5.73 Å². The van der Waals surface area contributed by atoms with Gasteiger partial charge in [0.1, 0.15) is 11.9 Å². The molecule has 1 aliphatic heterocycles. The van der Waals surface area contributed by atoms with Gasteiger partial charge >= 0.3 is 0 Å². The Morgan fingerprint density at radius 2 is 2.41 bits per heavy atom. The lowest BCUT2D eigenvalue weighted by molar-refractivity contribution is 0.140. The summed E-state index contributed by atoms with van der Waals surface area (Å²) < 4.78 is 11.2. The van der Waals surface area contributed by atoms with Crippen molar-refractivity contribution in [1.82, 2.24) is 0 Å². The smallest absolute Gasteiger partial charge is 0.124 e. The SMILES string of the molecule is CC(N)Cc1c(Cl)cccc1OC1CCOC1. The van der Waals surface area contributed by atoms with E-state index in [-0.39, 0.29) is 12.1 Å². The third-order valence-corrected chi connectivity index (χ3v) is 3.14. The molecule has 2 atom stereocenters. The first kappa shape index (κ1) is 12.7. The predicted molar refractivity (Wildman–Crippen MR) is 68.7 cm³/mol. The summed E-state index contributed by atoms with van der Waals surface area (Å²) in [6.45, 7) is 3.39. The second-order valence-corrected chi connectivity index (χ2v) is 4.91. The molecule has 1 saturated heterocycles. The van der Waals surface area contributed by atoms with E-state index >= 15 is 0 Å². The molecule has 1 aromatic carbocycles. The van der Waals surface area contributed by atoms with Crippen LogP contribution in [0, 0.1) is 0 Å². The minimum atomic E-state index is 0.0667. The fourth-order valence-electron chi connectivity index (χ4n) is 1.95. The van der Waals surface area contributed by atoms with Gasteiger partial charge in [0, 0.05) is 23.0 Å². The van der Waals surface area contributed by atoms with Gasteiger partial charge in [-0.05, 0) is 25.5 Å². The normalized spacial score (nSPS) is 21.5. The number of rotatable bonds is 4. The Morgan fingerprint density at radius 1 is 1.59 bits per heavy atom. The molecular formula is C13H18ClNO2. The van der Waals surface area contributed by atoms with Crippen molar-refractivity contribution >= 4 is 11.6 Å². The van der Waals surface area contributed by atoms with E-state index < -0.39 is 0 Å². The number of ether oxygens (including phenoxy) is 2. The van der Waals surface area contributed by atoms with E-state index in [9.17, 15) is 0 Å². The van der Waals surface area contributed by atoms with Crippen LogP contribution in [0.25, 0.3) is 0 Å². The lowest BCUT2D eigenvalue weighted by atomic mass is 10.1. The molecule has 0 saturated carbocycles. The topological polar surface area (TPSA) is 44.5 Å². The fourth-order valence-corrected chi connectivity index (χ4v) is 2.20. The maximum absolute atomic E-state index is 6.19. The van der Waals surface area contributed by atoms with Gasteiger partial charge in [-0.25, -0.2) is 0 Å². The van der Waals surface area contributed by atoms with Gasteiger partial charge in [-0.3, -0.25) is 0 Å². The third-order valence-electron chi connectivity index (χ3n) is 2.78. The van der Waals surface area contributed by atoms with Gasteiger partial charge in [0.25, 0.3) is 0 Å². The Kier molecular flexibility index (Phi) is 4.26. The summed E-state index contributed by atoms with van der Waals surface area (Å²) >= 11 is 6.19. The molecule has 0 aromatic heterocycles. The molecule has 1 heterocycles. The summed E-state index contributed by atoms with van der Waals surface area (Å²) in [6, 6.07) is 5.79. The van der Waals surface area contributed by atoms with Crippen LogP contribution in [0.15, 0.2) is 18.2 Å². The molecule has 2 rings (SSSR count). The second-order valence-electron chi connectivity index (χ2n) is 4.50. The summed E-state index contributed by atoms with van der Waals surface area (Å²) in [5.41, 5.74) is 6.83. The summed E-state index contributed by atoms with van der Waals surface area (Å²) in [6.07, 6.45) is 1.80. The van der Waals surface area contributed by atoms with Crippen molar-refractivity contribution in [3.63, 3.8) is 0 Å². The van der Waals surface area contributed by atoms with Gasteiger partial charge in [-0.15, -0.1) is 0 Å². The first-order valence-corrected chi connectivity index (χ1v) is 6.32. The minimum Gasteiger partial charge on any atom is -0.488 e. The third kappa shape index (κ3) is 3.35. The molecule has 17 heavy (non-hydrogen) atoms. The van der Waals surface area contributed by atoms with Crippen LogP contribution in [-0.2, 0) is 11.2 Å². The molecule has 2 unspecified atom stereocenters. The molecule has 1 aliphatic rings. The van der Waals surface area contributed by atoms with Gasteiger partial charge < -0.3 is 15.2 Å². The van der Waals surface area contributed by atoms with Crippen molar-refractivity contribution in [2.75, 3.05) is 13.2 Å². The van der Waals surface area contributed by atoms with Gasteiger partial charge in [0.15, 0.2) is 0 Å². The van der Waals surface area contributed by atoms with Gasteiger partial charge in [-0.1, -0.05) is 17.7 Å². The zero-order chi connectivity index (χ0) is 12.3. The molecular weight excluding hydrogens is 238 g/mol. The van der Waals surface area contributed by atoms with Crippen molar-refractivity contribution in [3.8, 4) is 5.75 Å². The van der Waals surface area contributed by atoms with Crippen LogP contribution in [0.3, 0.4) is 0 Å². The number of benzene rings is 1. The van der Waals surface area contributed by atoms with Crippen molar-refractivity contribution in [2.45, 2.75) is 31.9 Å². The highest BCUT2D eigenvalue weighted by Crippen LogP contribution is 2.29. The Hall–Kier alpha value is -0.770. The fraction of sp³-hybridized carbons (Fsp3) is 0.538. The van der Waals surface area contributed by atoms with E-state index in [0.29, 0.717) is 6.61 Å². The molecule has 0 bridgehead atoms. The Balaban J connectivity index is 2.16. The number of nitrogens with two attached hydrogens (primary N) is 1. The maximum Gasteiger partial charge on any atom is 0.124 e. The van der Waals surface area contributed by atoms with Crippen molar-refractivity contribution < 1.29 is 9.47 Å². The van der Waals surface area contributed by atoms with E-state index in [2.05, 4.69) is 0 Å². The minimum absolute atomic E-state index is 0.0667. The van der Waals surface area contributed by atoms with E-state index in [4.69, 9.17) is 26.8 Å². The Morgan fingerprint density at radius 3 is 3.06 bits per heavy atom. The average Bonchev–Trinajstić information content (AvgIpc) is 2.75. The van der Waals surface area contributed by atoms with Crippen LogP contribution < -0.4 is 10.5 Å². The molecule has 0 amide bonds. The number of hydrogen-bond acceptors (Lipinski definition) is 3. The Labute approximate surface area is 107 Å². The lowest BCUT2D eigenvalue weighted by Crippen LogP contribution is -2.21. The zero-order valence-corrected chi connectivity index (χ0v) is 10.7. The molecule has 0 spiro atoms. The first-order chi connectivity index (χ1) is 8.16. The van der Waals surface area contributed by atoms with Crippen LogP contribution >= 0.6 is 11.6 Å². The second kappa shape index (κ2) is 5.71. The summed E-state index contributed by atoms with van der Waals surface area (Å²) in [5.74, 6) is 0.838. The van der Waals surface area contributed by atoms with Gasteiger partial charge in [-0.2, -0.15) is 0 Å². The zero-order valence-electron chi connectivity index (χ0n) is 9.99. The quantitative estimate of drug-likeness (QED) is 0.899. The Bertz CT molecular complexity index is 376. The molecule has 3 nitrogen and oxygen atoms in total. The summed E-state index contributed by atoms with van der Waals surface area (Å²) in [7, 11) is 0. The van der Waals surface area contributed by atoms with Gasteiger partial charge in [0.2, 0.25) is 0 Å². The highest BCUT2D eigenvalue weighted by Gasteiger charge is 2.19. The molecule has 94 valence electrons. The van der Waals surface area contributed by atoms with Crippen molar-refractivity contribution in [1.29, 1.82) is 0 Å². The molecule has 4 heteroatoms. The maximum atomic E-state index is 6.19. The molecule has 2 N–H and O–H groups in total. The summed E-state index contributed by atoms with van der Waals surface area (Å²) in [4.78, 5) is 0. The molecule has 0 radical (unpaired) electrons. The molecule has 0 aliphatic carbocycles. The predicted octanol–water partition coefficient (Wildman–Crippen LogP) is 2.40. The highest BCUT2D eigenvalue weighted by atomic mass is 35.5. The lowest BCUT2D eigenvalue weighted by Gasteiger charge is -2.17. The van der Waals surface area contributed by atoms with E-state index in [0.717, 1.165) is 35.8 Å². The van der Waals surface area contributed by atoms with E-state index in [1.54, 1.807) is 0 Å². The van der Waals surface area contributed by atoms with Crippen LogP contribution in [0.1, 0.15) is 18.9 Å². The number of hydrogen-bond donors (Lipinski definition) is 1. The molecule has 1 aromatic rings. The van der Waals surface area contributed by atoms with E-state index in [1.165, 1.54) is 0 Å². The van der Waals surface area contributed by atoms with Gasteiger partial charge in [0.05, 0.1) is 13.2 Å². The monoisotopic (exact) mass is 255 g/mol. The largest absolute Gasteiger partial charge is 0.488 e.